The van der Waals surface area contributed by atoms with Crippen LogP contribution >= 0.6 is 0 Å². The van der Waals surface area contributed by atoms with Crippen molar-refractivity contribution in [3.05, 3.63) is 18.0 Å². The van der Waals surface area contributed by atoms with E-state index in [-0.39, 0.29) is 12.6 Å². The first kappa shape index (κ1) is 16.4. The minimum Gasteiger partial charge on any atom is -0.313 e. The van der Waals surface area contributed by atoms with Gasteiger partial charge in [0.2, 0.25) is 0 Å². The normalized spacial score (nSPS) is 21.0. The van der Waals surface area contributed by atoms with Gasteiger partial charge in [-0.15, -0.1) is 0 Å². The zero-order chi connectivity index (χ0) is 15.3. The fourth-order valence-corrected chi connectivity index (χ4v) is 3.95. The number of H-pyrrole nitrogens is 1. The van der Waals surface area contributed by atoms with Gasteiger partial charge in [-0.25, -0.2) is 0 Å². The molecule has 0 aliphatic carbocycles. The van der Waals surface area contributed by atoms with Crippen LogP contribution in [-0.2, 0) is 16.8 Å². The molecule has 0 radical (unpaired) electrons. The minimum absolute atomic E-state index is 0.0306. The van der Waals surface area contributed by atoms with E-state index in [1.165, 1.54) is 0 Å². The van der Waals surface area contributed by atoms with Crippen LogP contribution in [0.2, 0.25) is 0 Å². The van der Waals surface area contributed by atoms with E-state index in [9.17, 15) is 8.42 Å². The fourth-order valence-electron chi connectivity index (χ4n) is 2.50. The zero-order valence-electron chi connectivity index (χ0n) is 12.7. The highest BCUT2D eigenvalue weighted by atomic mass is 32.2. The van der Waals surface area contributed by atoms with Crippen molar-refractivity contribution in [2.45, 2.75) is 51.7 Å². The molecule has 21 heavy (non-hydrogen) atoms. The van der Waals surface area contributed by atoms with Crippen molar-refractivity contribution in [2.75, 3.05) is 13.1 Å². The maximum Gasteiger partial charge on any atom is 0.280 e. The molecule has 1 aromatic heterocycles. The Labute approximate surface area is 126 Å². The fraction of sp³-hybridized carbons (Fsp3) is 0.769. The summed E-state index contributed by atoms with van der Waals surface area (Å²) in [5.74, 6) is 0. The maximum absolute atomic E-state index is 12.5. The SMILES string of the molecule is CC(C)NCC1CCCCN1S(=O)(=O)NCc1cn[nH]c1. The third-order valence-corrected chi connectivity index (χ3v) is 5.26. The molecule has 1 unspecified atom stereocenters. The Morgan fingerprint density at radius 3 is 2.95 bits per heavy atom. The molecular formula is C13H25N5O2S. The second kappa shape index (κ2) is 7.35. The van der Waals surface area contributed by atoms with Gasteiger partial charge in [-0.2, -0.15) is 22.5 Å². The van der Waals surface area contributed by atoms with Crippen LogP contribution in [-0.4, -0.2) is 48.1 Å². The second-order valence-electron chi connectivity index (χ2n) is 5.76. The van der Waals surface area contributed by atoms with Crippen LogP contribution in [0.3, 0.4) is 0 Å². The van der Waals surface area contributed by atoms with E-state index in [1.807, 2.05) is 0 Å². The predicted octanol–water partition coefficient (Wildman–Crippen LogP) is 0.597. The monoisotopic (exact) mass is 315 g/mol. The first-order valence-electron chi connectivity index (χ1n) is 7.46. The van der Waals surface area contributed by atoms with E-state index in [2.05, 4.69) is 34.1 Å². The highest BCUT2D eigenvalue weighted by molar-refractivity contribution is 7.87. The van der Waals surface area contributed by atoms with Gasteiger partial charge < -0.3 is 5.32 Å². The Kier molecular flexibility index (Phi) is 5.74. The maximum atomic E-state index is 12.5. The average molecular weight is 315 g/mol. The Morgan fingerprint density at radius 1 is 1.48 bits per heavy atom. The van der Waals surface area contributed by atoms with Crippen LogP contribution in [0.4, 0.5) is 0 Å². The molecular weight excluding hydrogens is 290 g/mol. The summed E-state index contributed by atoms with van der Waals surface area (Å²) >= 11 is 0. The number of piperidine rings is 1. The smallest absolute Gasteiger partial charge is 0.280 e. The quantitative estimate of drug-likeness (QED) is 0.687. The Hall–Kier alpha value is -0.960. The summed E-state index contributed by atoms with van der Waals surface area (Å²) in [5.41, 5.74) is 0.826. The first-order chi connectivity index (χ1) is 9.99. The van der Waals surface area contributed by atoms with E-state index in [0.717, 1.165) is 24.8 Å². The van der Waals surface area contributed by atoms with Gasteiger partial charge in [-0.1, -0.05) is 20.3 Å². The molecule has 0 saturated carbocycles. The number of aromatic amines is 1. The zero-order valence-corrected chi connectivity index (χ0v) is 13.5. The van der Waals surface area contributed by atoms with E-state index < -0.39 is 10.2 Å². The lowest BCUT2D eigenvalue weighted by molar-refractivity contribution is 0.239. The number of nitrogens with zero attached hydrogens (tertiary/aromatic N) is 2. The van der Waals surface area contributed by atoms with Gasteiger partial charge in [0.15, 0.2) is 0 Å². The van der Waals surface area contributed by atoms with Crippen molar-refractivity contribution in [3.8, 4) is 0 Å². The van der Waals surface area contributed by atoms with E-state index in [0.29, 0.717) is 19.1 Å². The first-order valence-corrected chi connectivity index (χ1v) is 8.90. The van der Waals surface area contributed by atoms with Crippen LogP contribution in [0.5, 0.6) is 0 Å². The van der Waals surface area contributed by atoms with Crippen molar-refractivity contribution >= 4 is 10.2 Å². The molecule has 120 valence electrons. The van der Waals surface area contributed by atoms with Crippen molar-refractivity contribution in [1.29, 1.82) is 0 Å². The molecule has 0 bridgehead atoms. The van der Waals surface area contributed by atoms with E-state index in [1.54, 1.807) is 16.7 Å². The van der Waals surface area contributed by atoms with Crippen molar-refractivity contribution < 1.29 is 8.42 Å². The van der Waals surface area contributed by atoms with Crippen molar-refractivity contribution in [1.82, 2.24) is 24.5 Å². The second-order valence-corrected chi connectivity index (χ2v) is 7.46. The van der Waals surface area contributed by atoms with Gasteiger partial charge in [0, 0.05) is 43.5 Å². The summed E-state index contributed by atoms with van der Waals surface area (Å²) in [6, 6.07) is 0.387. The van der Waals surface area contributed by atoms with Crippen LogP contribution < -0.4 is 10.0 Å². The van der Waals surface area contributed by atoms with Gasteiger partial charge in [-0.3, -0.25) is 5.10 Å². The summed E-state index contributed by atoms with van der Waals surface area (Å²) in [6.07, 6.45) is 6.22. The molecule has 1 aliphatic heterocycles. The molecule has 8 heteroatoms. The highest BCUT2D eigenvalue weighted by Crippen LogP contribution is 2.19. The molecule has 1 fully saturated rings. The van der Waals surface area contributed by atoms with Crippen LogP contribution in [0, 0.1) is 0 Å². The highest BCUT2D eigenvalue weighted by Gasteiger charge is 2.31. The number of hydrogen-bond donors (Lipinski definition) is 3. The summed E-state index contributed by atoms with van der Waals surface area (Å²) < 4.78 is 29.2. The molecule has 0 spiro atoms. The molecule has 1 aromatic rings. The van der Waals surface area contributed by atoms with Gasteiger partial charge in [0.1, 0.15) is 0 Å². The Morgan fingerprint density at radius 2 is 2.29 bits per heavy atom. The molecule has 0 aromatic carbocycles. The minimum atomic E-state index is -3.45. The largest absolute Gasteiger partial charge is 0.313 e. The molecule has 7 nitrogen and oxygen atoms in total. The molecule has 2 rings (SSSR count). The average Bonchev–Trinajstić information content (AvgIpc) is 2.97. The van der Waals surface area contributed by atoms with Crippen LogP contribution in [0.1, 0.15) is 38.7 Å². The third-order valence-electron chi connectivity index (χ3n) is 3.66. The van der Waals surface area contributed by atoms with E-state index in [4.69, 9.17) is 0 Å². The van der Waals surface area contributed by atoms with Crippen LogP contribution in [0.15, 0.2) is 12.4 Å². The lowest BCUT2D eigenvalue weighted by Crippen LogP contribution is -2.52. The van der Waals surface area contributed by atoms with E-state index >= 15 is 0 Å². The lowest BCUT2D eigenvalue weighted by atomic mass is 10.0. The van der Waals surface area contributed by atoms with Gasteiger partial charge in [0.05, 0.1) is 6.20 Å². The number of hydrogen-bond acceptors (Lipinski definition) is 4. The predicted molar refractivity (Wildman–Crippen MR) is 81.8 cm³/mol. The molecule has 2 heterocycles. The van der Waals surface area contributed by atoms with Gasteiger partial charge in [-0.05, 0) is 12.8 Å². The molecule has 1 atom stereocenters. The third kappa shape index (κ3) is 4.77. The summed E-state index contributed by atoms with van der Waals surface area (Å²) in [5, 5.41) is 9.83. The van der Waals surface area contributed by atoms with Gasteiger partial charge in [0.25, 0.3) is 10.2 Å². The Balaban J connectivity index is 1.97. The van der Waals surface area contributed by atoms with Gasteiger partial charge >= 0.3 is 0 Å². The number of nitrogens with one attached hydrogen (secondary N) is 3. The molecule has 0 amide bonds. The number of aromatic nitrogens is 2. The molecule has 1 aliphatic rings. The number of rotatable bonds is 7. The topological polar surface area (TPSA) is 90.1 Å². The van der Waals surface area contributed by atoms with Crippen LogP contribution in [0.25, 0.3) is 0 Å². The lowest BCUT2D eigenvalue weighted by Gasteiger charge is -2.35. The summed E-state index contributed by atoms with van der Waals surface area (Å²) in [6.45, 7) is 5.69. The van der Waals surface area contributed by atoms with Crippen molar-refractivity contribution in [2.24, 2.45) is 0 Å². The Bertz CT molecular complexity index is 515. The standard InChI is InChI=1S/C13H25N5O2S/c1-11(2)14-10-13-5-3-4-6-18(13)21(19,20)17-9-12-7-15-16-8-12/h7-8,11,13-14,17H,3-6,9-10H2,1-2H3,(H,15,16). The summed E-state index contributed by atoms with van der Waals surface area (Å²) in [7, 11) is -3.45. The van der Waals surface area contributed by atoms with Crippen molar-refractivity contribution in [3.63, 3.8) is 0 Å². The summed E-state index contributed by atoms with van der Waals surface area (Å²) in [4.78, 5) is 0. The molecule has 1 saturated heterocycles. The molecule has 3 N–H and O–H groups in total.